The van der Waals surface area contributed by atoms with Crippen molar-refractivity contribution >= 4 is 17.3 Å². The molecule has 27 heavy (non-hydrogen) atoms. The molecule has 10 heteroatoms. The minimum Gasteiger partial charge on any atom is -1.00 e. The molecule has 0 fully saturated rings. The molecule has 7 nitrogen and oxygen atoms in total. The molecule has 154 valence electrons. The summed E-state index contributed by atoms with van der Waals surface area (Å²) in [5.41, 5.74) is 13.2. The van der Waals surface area contributed by atoms with Gasteiger partial charge in [0, 0.05) is 24.9 Å². The molecule has 1 heterocycles. The van der Waals surface area contributed by atoms with Gasteiger partial charge in [-0.3, -0.25) is 0 Å². The van der Waals surface area contributed by atoms with E-state index in [1.807, 2.05) is 50.8 Å². The van der Waals surface area contributed by atoms with Crippen LogP contribution in [0.5, 0.6) is 0 Å². The lowest BCUT2D eigenvalue weighted by Crippen LogP contribution is -3.00. The van der Waals surface area contributed by atoms with E-state index in [1.54, 1.807) is 0 Å². The van der Waals surface area contributed by atoms with E-state index in [0.717, 1.165) is 43.3 Å². The Morgan fingerprint density at radius 3 is 2.15 bits per heavy atom. The van der Waals surface area contributed by atoms with E-state index in [1.165, 1.54) is 0 Å². The molecular formula is C17H28Br3N7-2. The number of halogens is 3. The fourth-order valence-corrected chi connectivity index (χ4v) is 2.37. The maximum Gasteiger partial charge on any atom is 0.421 e. The topological polar surface area (TPSA) is 88.8 Å². The first-order chi connectivity index (χ1) is 11.7. The first-order valence-corrected chi connectivity index (χ1v) is 8.33. The summed E-state index contributed by atoms with van der Waals surface area (Å²) in [5, 5.41) is 8.86. The second kappa shape index (κ2) is 15.2. The van der Waals surface area contributed by atoms with Gasteiger partial charge >= 0.3 is 5.95 Å². The molecular weight excluding hydrogens is 542 g/mol. The van der Waals surface area contributed by atoms with E-state index in [4.69, 9.17) is 11.5 Å². The van der Waals surface area contributed by atoms with E-state index in [0.29, 0.717) is 13.1 Å². The molecule has 4 N–H and O–H groups in total. The van der Waals surface area contributed by atoms with Crippen LogP contribution in [0.15, 0.2) is 46.9 Å². The molecule has 0 radical (unpaired) electrons. The van der Waals surface area contributed by atoms with E-state index >= 15 is 0 Å². The van der Waals surface area contributed by atoms with Gasteiger partial charge in [-0.2, -0.15) is 0 Å². The van der Waals surface area contributed by atoms with Gasteiger partial charge in [0.1, 0.15) is 5.69 Å². The second-order valence-corrected chi connectivity index (χ2v) is 5.88. The van der Waals surface area contributed by atoms with Crippen molar-refractivity contribution in [3.63, 3.8) is 0 Å². The van der Waals surface area contributed by atoms with Crippen molar-refractivity contribution in [1.82, 2.24) is 4.57 Å². The van der Waals surface area contributed by atoms with Gasteiger partial charge in [-0.25, -0.2) is 9.13 Å². The Morgan fingerprint density at radius 1 is 0.963 bits per heavy atom. The number of aryl methyl sites for hydroxylation is 2. The van der Waals surface area contributed by atoms with Crippen LogP contribution in [-0.4, -0.2) is 31.8 Å². The molecule has 0 saturated carbocycles. The predicted molar refractivity (Wildman–Crippen MR) is 96.9 cm³/mol. The Hall–Kier alpha value is -0.810. The molecule has 0 atom stereocenters. The number of rotatable bonds is 9. The predicted octanol–water partition coefficient (Wildman–Crippen LogP) is -7.03. The summed E-state index contributed by atoms with van der Waals surface area (Å²) in [6.07, 6.45) is 5.86. The van der Waals surface area contributed by atoms with Crippen molar-refractivity contribution in [2.75, 3.05) is 32.1 Å². The maximum absolute atomic E-state index is 5.62. The Morgan fingerprint density at radius 2 is 1.59 bits per heavy atom. The molecule has 2 aromatic rings. The number of imidazole rings is 1. The summed E-state index contributed by atoms with van der Waals surface area (Å²) in [7, 11) is 4.03. The van der Waals surface area contributed by atoms with E-state index < -0.39 is 0 Å². The Labute approximate surface area is 193 Å². The van der Waals surface area contributed by atoms with Crippen LogP contribution in [0, 0.1) is 0 Å². The summed E-state index contributed by atoms with van der Waals surface area (Å²) < 4.78 is 4.17. The van der Waals surface area contributed by atoms with Gasteiger partial charge in [0.25, 0.3) is 0 Å². The van der Waals surface area contributed by atoms with Crippen molar-refractivity contribution in [3.8, 4) is 0 Å². The summed E-state index contributed by atoms with van der Waals surface area (Å²) >= 11 is 0. The molecule has 0 amide bonds. The molecule has 1 aromatic heterocycles. The highest BCUT2D eigenvalue weighted by Crippen LogP contribution is 2.20. The van der Waals surface area contributed by atoms with Crippen LogP contribution in [0.3, 0.4) is 0 Å². The van der Waals surface area contributed by atoms with Gasteiger partial charge < -0.3 is 67.3 Å². The van der Waals surface area contributed by atoms with Crippen LogP contribution in [-0.2, 0) is 13.1 Å². The molecule has 0 aliphatic rings. The zero-order valence-electron chi connectivity index (χ0n) is 15.7. The number of azo groups is 1. The maximum atomic E-state index is 5.62. The number of hydrogen-bond acceptors (Lipinski definition) is 5. The van der Waals surface area contributed by atoms with Gasteiger partial charge in [0.05, 0.1) is 25.5 Å². The fourth-order valence-electron chi connectivity index (χ4n) is 2.37. The zero-order valence-corrected chi connectivity index (χ0v) is 20.5. The lowest BCUT2D eigenvalue weighted by molar-refractivity contribution is -0.683. The molecule has 0 unspecified atom stereocenters. The molecule has 2 rings (SSSR count). The van der Waals surface area contributed by atoms with Gasteiger partial charge in [-0.15, -0.1) is 0 Å². The minimum atomic E-state index is 0. The Balaban J connectivity index is 0. The summed E-state index contributed by atoms with van der Waals surface area (Å²) in [6, 6.07) is 8.00. The number of aromatic nitrogens is 2. The quantitative estimate of drug-likeness (QED) is 0.232. The number of hydrogen-bond donors (Lipinski definition) is 2. The van der Waals surface area contributed by atoms with Gasteiger partial charge in [0.15, 0.2) is 0 Å². The normalized spacial score (nSPS) is 10.1. The second-order valence-electron chi connectivity index (χ2n) is 5.88. The lowest BCUT2D eigenvalue weighted by atomic mass is 10.3. The average molecular weight is 570 g/mol. The smallest absolute Gasteiger partial charge is 0.421 e. The van der Waals surface area contributed by atoms with Gasteiger partial charge in [-0.1, -0.05) is 5.11 Å². The van der Waals surface area contributed by atoms with Crippen LogP contribution < -0.4 is 71.9 Å². The van der Waals surface area contributed by atoms with Crippen LogP contribution in [0.4, 0.5) is 17.3 Å². The van der Waals surface area contributed by atoms with E-state index in [9.17, 15) is 0 Å². The number of nitrogens with two attached hydrogens (primary N) is 2. The van der Waals surface area contributed by atoms with Gasteiger partial charge in [0.2, 0.25) is 0 Å². The number of benzene rings is 1. The highest BCUT2D eigenvalue weighted by atomic mass is 79.9. The third-order valence-electron chi connectivity index (χ3n) is 3.77. The molecule has 0 bridgehead atoms. The summed E-state index contributed by atoms with van der Waals surface area (Å²) in [4.78, 5) is 2.06. The van der Waals surface area contributed by atoms with Crippen molar-refractivity contribution in [3.05, 3.63) is 36.7 Å². The first kappa shape index (κ1) is 28.4. The molecule has 1 aromatic carbocycles. The van der Waals surface area contributed by atoms with Crippen LogP contribution in [0.1, 0.15) is 12.8 Å². The first-order valence-electron chi connectivity index (χ1n) is 8.33. The fraction of sp³-hybridized carbons (Fsp3) is 0.471. The Bertz CT molecular complexity index is 632. The third-order valence-corrected chi connectivity index (χ3v) is 3.77. The lowest BCUT2D eigenvalue weighted by Gasteiger charge is -2.11. The standard InChI is InChI=1S/C17H28N7.3BrH/c1-22(2)16-7-5-15(6-8-16)20-21-17-23(11-3-9-18)13-14-24(17)12-4-10-19;;;/h5-8,13-14H,3-4,9-12,18-19H2,1-2H3;3*1H/q+1;;;/p-3. The van der Waals surface area contributed by atoms with Crippen LogP contribution in [0.25, 0.3) is 0 Å². The summed E-state index contributed by atoms with van der Waals surface area (Å²) in [5.74, 6) is 0.827. The SMILES string of the molecule is CN(C)c1ccc(N=Nc2n(CCCN)cc[n+]2CCCN)cc1.[Br-].[Br-].[Br-]. The number of anilines is 1. The largest absolute Gasteiger partial charge is 1.00 e. The highest BCUT2D eigenvalue weighted by Gasteiger charge is 2.16. The Kier molecular flexibility index (Phi) is 15.9. The van der Waals surface area contributed by atoms with Crippen LogP contribution in [0.2, 0.25) is 0 Å². The van der Waals surface area contributed by atoms with E-state index in [-0.39, 0.29) is 50.9 Å². The molecule has 0 aliphatic carbocycles. The minimum absolute atomic E-state index is 0. The van der Waals surface area contributed by atoms with Crippen molar-refractivity contribution < 1.29 is 55.5 Å². The molecule has 0 saturated heterocycles. The monoisotopic (exact) mass is 567 g/mol. The van der Waals surface area contributed by atoms with E-state index in [2.05, 4.69) is 24.3 Å². The van der Waals surface area contributed by atoms with Gasteiger partial charge in [-0.05, 0) is 50.2 Å². The van der Waals surface area contributed by atoms with Crippen molar-refractivity contribution in [2.45, 2.75) is 25.9 Å². The highest BCUT2D eigenvalue weighted by molar-refractivity contribution is 5.51. The van der Waals surface area contributed by atoms with Crippen LogP contribution >= 0.6 is 0 Å². The summed E-state index contributed by atoms with van der Waals surface area (Å²) in [6.45, 7) is 2.98. The average Bonchev–Trinajstić information content (AvgIpc) is 2.98. The zero-order chi connectivity index (χ0) is 17.4. The van der Waals surface area contributed by atoms with Crippen molar-refractivity contribution in [2.24, 2.45) is 21.7 Å². The molecule has 0 aliphatic heterocycles. The third kappa shape index (κ3) is 8.82. The molecule has 0 spiro atoms. The van der Waals surface area contributed by atoms with Crippen molar-refractivity contribution in [1.29, 1.82) is 0 Å². The number of nitrogens with zero attached hydrogens (tertiary/aromatic N) is 5.